The van der Waals surface area contributed by atoms with Crippen LogP contribution in [-0.4, -0.2) is 19.6 Å². The Bertz CT molecular complexity index is 917. The SMILES string of the molecule is CCCCCCCCOc1ccc(Cl)cc1/C=C(/C#N)C(=O)Nc1ccc(OC)cc1. The monoisotopic (exact) mass is 440 g/mol. The van der Waals surface area contributed by atoms with Crippen molar-refractivity contribution < 1.29 is 14.3 Å². The molecule has 0 saturated heterocycles. The number of ether oxygens (including phenoxy) is 2. The summed E-state index contributed by atoms with van der Waals surface area (Å²) < 4.78 is 11.0. The number of nitrogens with zero attached hydrogens (tertiary/aromatic N) is 1. The van der Waals surface area contributed by atoms with Crippen LogP contribution >= 0.6 is 11.6 Å². The van der Waals surface area contributed by atoms with Crippen LogP contribution in [0.2, 0.25) is 5.02 Å². The Balaban J connectivity index is 2.05. The van der Waals surface area contributed by atoms with Crippen molar-refractivity contribution in [3.63, 3.8) is 0 Å². The van der Waals surface area contributed by atoms with E-state index >= 15 is 0 Å². The third-order valence-corrected chi connectivity index (χ3v) is 4.98. The number of methoxy groups -OCH3 is 1. The van der Waals surface area contributed by atoms with Crippen molar-refractivity contribution in [2.24, 2.45) is 0 Å². The molecule has 31 heavy (non-hydrogen) atoms. The Labute approximate surface area is 189 Å². The van der Waals surface area contributed by atoms with Crippen LogP contribution in [0.4, 0.5) is 5.69 Å². The van der Waals surface area contributed by atoms with Gasteiger partial charge >= 0.3 is 0 Å². The minimum atomic E-state index is -0.505. The van der Waals surface area contributed by atoms with Crippen LogP contribution < -0.4 is 14.8 Å². The average Bonchev–Trinajstić information content (AvgIpc) is 2.78. The van der Waals surface area contributed by atoms with Gasteiger partial charge in [-0.1, -0.05) is 50.6 Å². The smallest absolute Gasteiger partial charge is 0.266 e. The zero-order valence-electron chi connectivity index (χ0n) is 18.1. The molecule has 0 aromatic heterocycles. The normalized spacial score (nSPS) is 11.0. The Morgan fingerprint density at radius 2 is 1.81 bits per heavy atom. The van der Waals surface area contributed by atoms with Crippen molar-refractivity contribution in [1.82, 2.24) is 0 Å². The highest BCUT2D eigenvalue weighted by Crippen LogP contribution is 2.26. The Morgan fingerprint density at radius 3 is 2.48 bits per heavy atom. The first-order valence-corrected chi connectivity index (χ1v) is 10.9. The molecule has 0 fully saturated rings. The summed E-state index contributed by atoms with van der Waals surface area (Å²) in [4.78, 5) is 12.6. The molecule has 1 amide bonds. The van der Waals surface area contributed by atoms with Crippen LogP contribution in [0.1, 0.15) is 51.0 Å². The zero-order valence-corrected chi connectivity index (χ0v) is 18.9. The first-order valence-electron chi connectivity index (χ1n) is 10.6. The first-order chi connectivity index (χ1) is 15.1. The van der Waals surface area contributed by atoms with E-state index < -0.39 is 5.91 Å². The zero-order chi connectivity index (χ0) is 22.5. The van der Waals surface area contributed by atoms with Gasteiger partial charge in [0.25, 0.3) is 5.91 Å². The fourth-order valence-electron chi connectivity index (χ4n) is 3.00. The van der Waals surface area contributed by atoms with Crippen LogP contribution in [0.25, 0.3) is 6.08 Å². The Morgan fingerprint density at radius 1 is 1.10 bits per heavy atom. The molecule has 0 aliphatic carbocycles. The Kier molecular flexibility index (Phi) is 10.5. The van der Waals surface area contributed by atoms with E-state index in [-0.39, 0.29) is 5.57 Å². The summed E-state index contributed by atoms with van der Waals surface area (Å²) in [5, 5.41) is 12.7. The molecule has 164 valence electrons. The molecule has 2 aromatic rings. The van der Waals surface area contributed by atoms with E-state index in [0.29, 0.717) is 34.4 Å². The largest absolute Gasteiger partial charge is 0.497 e. The minimum absolute atomic E-state index is 0.0394. The van der Waals surface area contributed by atoms with E-state index in [9.17, 15) is 10.1 Å². The molecule has 5 nitrogen and oxygen atoms in total. The molecule has 0 bridgehead atoms. The summed E-state index contributed by atoms with van der Waals surface area (Å²) in [6.45, 7) is 2.78. The fourth-order valence-corrected chi connectivity index (χ4v) is 3.19. The molecule has 2 rings (SSSR count). The van der Waals surface area contributed by atoms with Crippen molar-refractivity contribution in [3.05, 3.63) is 58.6 Å². The minimum Gasteiger partial charge on any atom is -0.497 e. The van der Waals surface area contributed by atoms with Gasteiger partial charge in [0.05, 0.1) is 13.7 Å². The molecule has 2 aromatic carbocycles. The average molecular weight is 441 g/mol. The summed E-state index contributed by atoms with van der Waals surface area (Å²) in [6, 6.07) is 14.0. The molecule has 0 aliphatic rings. The maximum atomic E-state index is 12.6. The van der Waals surface area contributed by atoms with E-state index in [0.717, 1.165) is 12.8 Å². The van der Waals surface area contributed by atoms with Gasteiger partial charge in [0.15, 0.2) is 0 Å². The van der Waals surface area contributed by atoms with Gasteiger partial charge < -0.3 is 14.8 Å². The number of anilines is 1. The van der Waals surface area contributed by atoms with Gasteiger partial charge in [0, 0.05) is 16.3 Å². The number of amides is 1. The molecular weight excluding hydrogens is 412 g/mol. The number of carbonyl (C=O) groups is 1. The maximum absolute atomic E-state index is 12.6. The fraction of sp³-hybridized carbons (Fsp3) is 0.360. The molecule has 0 radical (unpaired) electrons. The third kappa shape index (κ3) is 8.35. The molecule has 0 heterocycles. The Hall–Kier alpha value is -2.97. The molecule has 0 saturated carbocycles. The van der Waals surface area contributed by atoms with Crippen molar-refractivity contribution >= 4 is 29.3 Å². The summed E-state index contributed by atoms with van der Waals surface area (Å²) in [5.74, 6) is 0.776. The number of hydrogen-bond acceptors (Lipinski definition) is 4. The molecule has 0 aliphatic heterocycles. The number of carbonyl (C=O) groups excluding carboxylic acids is 1. The predicted molar refractivity (Wildman–Crippen MR) is 126 cm³/mol. The lowest BCUT2D eigenvalue weighted by atomic mass is 10.1. The van der Waals surface area contributed by atoms with Gasteiger partial charge in [-0.2, -0.15) is 5.26 Å². The quantitative estimate of drug-likeness (QED) is 0.228. The van der Waals surface area contributed by atoms with E-state index in [4.69, 9.17) is 21.1 Å². The summed E-state index contributed by atoms with van der Waals surface area (Å²) in [6.07, 6.45) is 8.52. The molecule has 0 atom stereocenters. The van der Waals surface area contributed by atoms with E-state index in [2.05, 4.69) is 12.2 Å². The van der Waals surface area contributed by atoms with Crippen molar-refractivity contribution in [2.45, 2.75) is 45.4 Å². The van der Waals surface area contributed by atoms with Gasteiger partial charge in [0.1, 0.15) is 23.1 Å². The summed E-state index contributed by atoms with van der Waals surface area (Å²) >= 11 is 6.13. The van der Waals surface area contributed by atoms with Crippen LogP contribution in [0.15, 0.2) is 48.0 Å². The molecule has 0 spiro atoms. The predicted octanol–water partition coefficient (Wildman–Crippen LogP) is 6.63. The second-order valence-electron chi connectivity index (χ2n) is 7.15. The second-order valence-corrected chi connectivity index (χ2v) is 7.59. The molecular formula is C25H29ClN2O3. The lowest BCUT2D eigenvalue weighted by molar-refractivity contribution is -0.112. The van der Waals surface area contributed by atoms with Gasteiger partial charge in [-0.05, 0) is 55.0 Å². The van der Waals surface area contributed by atoms with Crippen LogP contribution in [-0.2, 0) is 4.79 Å². The van der Waals surface area contributed by atoms with Gasteiger partial charge in [-0.25, -0.2) is 0 Å². The third-order valence-electron chi connectivity index (χ3n) is 4.74. The van der Waals surface area contributed by atoms with E-state index in [1.54, 1.807) is 49.6 Å². The summed E-state index contributed by atoms with van der Waals surface area (Å²) in [7, 11) is 1.57. The van der Waals surface area contributed by atoms with Crippen molar-refractivity contribution in [3.8, 4) is 17.6 Å². The molecule has 1 N–H and O–H groups in total. The van der Waals surface area contributed by atoms with Crippen LogP contribution in [0.3, 0.4) is 0 Å². The van der Waals surface area contributed by atoms with Gasteiger partial charge in [0.2, 0.25) is 0 Å². The number of rotatable bonds is 12. The van der Waals surface area contributed by atoms with E-state index in [1.807, 2.05) is 6.07 Å². The lowest BCUT2D eigenvalue weighted by Gasteiger charge is -2.11. The number of benzene rings is 2. The van der Waals surface area contributed by atoms with Gasteiger partial charge in [-0.3, -0.25) is 4.79 Å². The lowest BCUT2D eigenvalue weighted by Crippen LogP contribution is -2.13. The van der Waals surface area contributed by atoms with Crippen LogP contribution in [0, 0.1) is 11.3 Å². The van der Waals surface area contributed by atoms with Crippen LogP contribution in [0.5, 0.6) is 11.5 Å². The van der Waals surface area contributed by atoms with Gasteiger partial charge in [-0.15, -0.1) is 0 Å². The first kappa shape index (κ1) is 24.3. The topological polar surface area (TPSA) is 71.3 Å². The highest BCUT2D eigenvalue weighted by atomic mass is 35.5. The second kappa shape index (κ2) is 13.4. The highest BCUT2D eigenvalue weighted by Gasteiger charge is 2.12. The summed E-state index contributed by atoms with van der Waals surface area (Å²) in [5.41, 5.74) is 1.13. The van der Waals surface area contributed by atoms with Crippen molar-refractivity contribution in [1.29, 1.82) is 5.26 Å². The molecule has 0 unspecified atom stereocenters. The highest BCUT2D eigenvalue weighted by molar-refractivity contribution is 6.30. The number of nitriles is 1. The molecule has 6 heteroatoms. The van der Waals surface area contributed by atoms with Crippen molar-refractivity contribution in [2.75, 3.05) is 19.0 Å². The number of halogens is 1. The standard InChI is InChI=1S/C25H29ClN2O3/c1-3-4-5-6-7-8-15-31-24-14-9-21(26)17-19(24)16-20(18-27)25(29)28-22-10-12-23(30-2)13-11-22/h9-14,16-17H,3-8,15H2,1-2H3,(H,28,29)/b20-16-. The number of nitrogens with one attached hydrogen (secondary N) is 1. The number of hydrogen-bond donors (Lipinski definition) is 1. The van der Waals surface area contributed by atoms with E-state index in [1.165, 1.54) is 31.8 Å². The maximum Gasteiger partial charge on any atom is 0.266 e. The number of unbranched alkanes of at least 4 members (excludes halogenated alkanes) is 5.